The maximum absolute atomic E-state index is 15.1. The summed E-state index contributed by atoms with van der Waals surface area (Å²) in [5.74, 6) is 0.0474. The fourth-order valence-corrected chi connectivity index (χ4v) is 3.99. The number of anilines is 2. The third kappa shape index (κ3) is 5.31. The number of nitrogen functional groups attached to an aromatic ring is 1. The van der Waals surface area contributed by atoms with Crippen molar-refractivity contribution >= 4 is 23.3 Å². The number of piperidine rings is 1. The van der Waals surface area contributed by atoms with Gasteiger partial charge in [0.2, 0.25) is 0 Å². The van der Waals surface area contributed by atoms with Crippen LogP contribution < -0.4 is 15.8 Å². The van der Waals surface area contributed by atoms with Crippen LogP contribution in [-0.4, -0.2) is 45.6 Å². The van der Waals surface area contributed by atoms with E-state index in [9.17, 15) is 4.79 Å². The van der Waals surface area contributed by atoms with Gasteiger partial charge in [-0.3, -0.25) is 10.2 Å². The van der Waals surface area contributed by atoms with Crippen LogP contribution in [0.25, 0.3) is 0 Å². The zero-order chi connectivity index (χ0) is 25.7. The molecule has 4 rings (SSSR count). The Morgan fingerprint density at radius 3 is 2.75 bits per heavy atom. The predicted molar refractivity (Wildman–Crippen MR) is 133 cm³/mol. The monoisotopic (exact) mass is 485 g/mol. The number of carbonyl (C=O) groups is 1. The average Bonchev–Trinajstić information content (AvgIpc) is 2.88. The molecule has 1 aliphatic heterocycles. The molecule has 182 valence electrons. The highest BCUT2D eigenvalue weighted by atomic mass is 19.1. The minimum atomic E-state index is -0.660. The van der Waals surface area contributed by atoms with Crippen molar-refractivity contribution in [1.82, 2.24) is 14.9 Å². The van der Waals surface area contributed by atoms with Gasteiger partial charge in [-0.2, -0.15) is 5.26 Å². The number of nitrogens with zero attached hydrogens (tertiary/aromatic N) is 4. The molecule has 36 heavy (non-hydrogen) atoms. The van der Waals surface area contributed by atoms with E-state index in [-0.39, 0.29) is 45.8 Å². The Morgan fingerprint density at radius 2 is 2.03 bits per heavy atom. The van der Waals surface area contributed by atoms with Crippen molar-refractivity contribution < 1.29 is 13.9 Å². The first-order chi connectivity index (χ1) is 17.4. The van der Waals surface area contributed by atoms with Gasteiger partial charge in [-0.1, -0.05) is 24.8 Å². The van der Waals surface area contributed by atoms with Crippen LogP contribution in [0.1, 0.15) is 24.0 Å². The average molecular weight is 486 g/mol. The number of ether oxygens (including phenoxy) is 1. The van der Waals surface area contributed by atoms with E-state index in [4.69, 9.17) is 21.1 Å². The van der Waals surface area contributed by atoms with Gasteiger partial charge in [-0.15, -0.1) is 0 Å². The lowest BCUT2D eigenvalue weighted by Gasteiger charge is -2.33. The molecular formula is C26H24FN7O2. The van der Waals surface area contributed by atoms with Gasteiger partial charge in [0.05, 0.1) is 11.3 Å². The zero-order valence-electron chi connectivity index (χ0n) is 19.4. The molecule has 0 unspecified atom stereocenters. The number of aromatic nitrogens is 2. The number of hydrogen-bond acceptors (Lipinski definition) is 8. The summed E-state index contributed by atoms with van der Waals surface area (Å²) in [7, 11) is 0. The largest absolute Gasteiger partial charge is 0.457 e. The highest BCUT2D eigenvalue weighted by molar-refractivity contribution is 6.16. The Kier molecular flexibility index (Phi) is 7.20. The molecule has 2 heterocycles. The quantitative estimate of drug-likeness (QED) is 0.262. The van der Waals surface area contributed by atoms with Gasteiger partial charge in [-0.05, 0) is 37.1 Å². The Morgan fingerprint density at radius 1 is 1.25 bits per heavy atom. The zero-order valence-corrected chi connectivity index (χ0v) is 19.4. The Labute approximate surface area is 207 Å². The van der Waals surface area contributed by atoms with E-state index in [1.54, 1.807) is 29.2 Å². The molecule has 1 saturated heterocycles. The number of carbonyl (C=O) groups excluding carboxylic acids is 1. The number of rotatable bonds is 7. The molecular weight excluding hydrogens is 461 g/mol. The summed E-state index contributed by atoms with van der Waals surface area (Å²) in [4.78, 5) is 22.1. The first kappa shape index (κ1) is 24.3. The summed E-state index contributed by atoms with van der Waals surface area (Å²) in [6.45, 7) is 4.32. The molecule has 1 fully saturated rings. The molecule has 1 aliphatic rings. The first-order valence-corrected chi connectivity index (χ1v) is 11.2. The summed E-state index contributed by atoms with van der Waals surface area (Å²) in [5.41, 5.74) is 5.93. The number of benzene rings is 2. The second-order valence-electron chi connectivity index (χ2n) is 8.24. The van der Waals surface area contributed by atoms with Gasteiger partial charge in [0.25, 0.3) is 5.91 Å². The molecule has 0 saturated carbocycles. The fourth-order valence-electron chi connectivity index (χ4n) is 3.99. The predicted octanol–water partition coefficient (Wildman–Crippen LogP) is 3.89. The van der Waals surface area contributed by atoms with Crippen LogP contribution in [0, 0.1) is 22.6 Å². The number of nitrogens with one attached hydrogen (secondary N) is 2. The molecule has 4 N–H and O–H groups in total. The number of hydrogen-bond donors (Lipinski definition) is 3. The number of amides is 1. The van der Waals surface area contributed by atoms with Crippen LogP contribution >= 0.6 is 0 Å². The molecule has 0 aliphatic carbocycles. The summed E-state index contributed by atoms with van der Waals surface area (Å²) in [5, 5.41) is 20.9. The van der Waals surface area contributed by atoms with E-state index in [2.05, 4.69) is 21.9 Å². The summed E-state index contributed by atoms with van der Waals surface area (Å²) < 4.78 is 20.7. The number of nitriles is 1. The molecule has 10 heteroatoms. The molecule has 3 aromatic rings. The molecule has 1 aromatic heterocycles. The van der Waals surface area contributed by atoms with E-state index in [1.807, 2.05) is 18.2 Å². The third-order valence-electron chi connectivity index (χ3n) is 5.76. The molecule has 0 bridgehead atoms. The van der Waals surface area contributed by atoms with E-state index >= 15 is 4.39 Å². The van der Waals surface area contributed by atoms with E-state index in [0.29, 0.717) is 25.3 Å². The lowest BCUT2D eigenvalue weighted by molar-refractivity contribution is -0.127. The number of halogens is 1. The van der Waals surface area contributed by atoms with Crippen molar-refractivity contribution in [1.29, 1.82) is 10.7 Å². The van der Waals surface area contributed by atoms with Crippen LogP contribution in [0.3, 0.4) is 0 Å². The number of nitrogens with two attached hydrogens (primary N) is 1. The van der Waals surface area contributed by atoms with Gasteiger partial charge in [-0.25, -0.2) is 14.4 Å². The highest BCUT2D eigenvalue weighted by Crippen LogP contribution is 2.28. The van der Waals surface area contributed by atoms with Gasteiger partial charge in [0, 0.05) is 30.8 Å². The van der Waals surface area contributed by atoms with Crippen LogP contribution in [0.2, 0.25) is 0 Å². The highest BCUT2D eigenvalue weighted by Gasteiger charge is 2.27. The van der Waals surface area contributed by atoms with Gasteiger partial charge in [0.1, 0.15) is 46.9 Å². The minimum absolute atomic E-state index is 0.00531. The van der Waals surface area contributed by atoms with Crippen molar-refractivity contribution in [3.8, 4) is 17.6 Å². The first-order valence-electron chi connectivity index (χ1n) is 11.2. The lowest BCUT2D eigenvalue weighted by Crippen LogP contribution is -2.45. The second-order valence-corrected chi connectivity index (χ2v) is 8.24. The maximum Gasteiger partial charge on any atom is 0.263 e. The van der Waals surface area contributed by atoms with Crippen molar-refractivity contribution in [2.75, 3.05) is 24.1 Å². The van der Waals surface area contributed by atoms with Crippen molar-refractivity contribution in [3.63, 3.8) is 0 Å². The van der Waals surface area contributed by atoms with Crippen molar-refractivity contribution in [2.24, 2.45) is 0 Å². The van der Waals surface area contributed by atoms with Crippen molar-refractivity contribution in [3.05, 3.63) is 84.0 Å². The topological polar surface area (TPSA) is 141 Å². The SMILES string of the molecule is C=C(C#N)C(=O)N1CCC[C@@H](Nc2ncnc(N)c2C(=N)c2ccc(Oc3ccccc3)cc2F)C1. The van der Waals surface area contributed by atoms with E-state index in [1.165, 1.54) is 18.5 Å². The van der Waals surface area contributed by atoms with E-state index < -0.39 is 11.7 Å². The fraction of sp³-hybridized carbons (Fsp3) is 0.192. The number of likely N-dealkylation sites (tertiary alicyclic amines) is 1. The molecule has 1 atom stereocenters. The molecule has 0 radical (unpaired) electrons. The van der Waals surface area contributed by atoms with Crippen molar-refractivity contribution in [2.45, 2.75) is 18.9 Å². The lowest BCUT2D eigenvalue weighted by atomic mass is 10.0. The summed E-state index contributed by atoms with van der Waals surface area (Å²) >= 11 is 0. The third-order valence-corrected chi connectivity index (χ3v) is 5.76. The van der Waals surface area contributed by atoms with Gasteiger partial charge < -0.3 is 20.7 Å². The van der Waals surface area contributed by atoms with Gasteiger partial charge >= 0.3 is 0 Å². The summed E-state index contributed by atoms with van der Waals surface area (Å²) in [6, 6.07) is 14.8. The molecule has 0 spiro atoms. The van der Waals surface area contributed by atoms with E-state index in [0.717, 1.165) is 6.42 Å². The molecule has 2 aromatic carbocycles. The smallest absolute Gasteiger partial charge is 0.263 e. The van der Waals surface area contributed by atoms with Gasteiger partial charge in [0.15, 0.2) is 0 Å². The Hall–Kier alpha value is -4.78. The standard InChI is InChI=1S/C26H24FN7O2/c1-16(13-28)26(35)34-11-5-6-17(14-34)33-25-22(24(30)31-15-32-25)23(29)20-10-9-19(12-21(20)27)36-18-7-3-2-4-8-18/h2-4,7-10,12,15,17,29H,1,5-6,11,14H2,(H3,30,31,32,33)/t17-/m1/s1. The summed E-state index contributed by atoms with van der Waals surface area (Å²) in [6.07, 6.45) is 2.68. The van der Waals surface area contributed by atoms with Crippen LogP contribution in [0.4, 0.5) is 16.0 Å². The molecule has 9 nitrogen and oxygen atoms in total. The normalized spacial score (nSPS) is 15.0. The Balaban J connectivity index is 1.55. The number of para-hydroxylation sites is 1. The Bertz CT molecular complexity index is 1350. The maximum atomic E-state index is 15.1. The van der Waals surface area contributed by atoms with Crippen LogP contribution in [-0.2, 0) is 4.79 Å². The van der Waals surface area contributed by atoms with Crippen LogP contribution in [0.5, 0.6) is 11.5 Å². The minimum Gasteiger partial charge on any atom is -0.457 e. The van der Waals surface area contributed by atoms with Crippen LogP contribution in [0.15, 0.2) is 67.0 Å². The second kappa shape index (κ2) is 10.7. The molecule has 1 amide bonds.